The van der Waals surface area contributed by atoms with E-state index >= 15 is 0 Å². The number of para-hydroxylation sites is 1. The molecule has 0 saturated carbocycles. The molecule has 4 rings (SSSR count). The third kappa shape index (κ3) is 3.58. The quantitative estimate of drug-likeness (QED) is 0.743. The maximum absolute atomic E-state index is 12.7. The second-order valence-electron chi connectivity index (χ2n) is 7.00. The average molecular weight is 376 g/mol. The van der Waals surface area contributed by atoms with Gasteiger partial charge in [0.1, 0.15) is 0 Å². The van der Waals surface area contributed by atoms with Gasteiger partial charge in [0.25, 0.3) is 5.91 Å². The summed E-state index contributed by atoms with van der Waals surface area (Å²) in [6, 6.07) is 16.0. The standard InChI is InChI=1S/C22H24N4O2/c1-25-12-6-7-17-13-16(10-11-19(17)25)14-23-22(27)21-20(28-2)15-26(24-21)18-8-4-3-5-9-18/h3-5,8-11,13,15H,6-7,12,14H2,1-2H3,(H,23,27). The molecule has 1 N–H and O–H groups in total. The zero-order valence-electron chi connectivity index (χ0n) is 16.2. The number of nitrogens with zero attached hydrogens (tertiary/aromatic N) is 3. The lowest BCUT2D eigenvalue weighted by Crippen LogP contribution is -2.26. The molecule has 1 aliphatic heterocycles. The molecule has 3 aromatic rings. The molecule has 2 heterocycles. The fraction of sp³-hybridized carbons (Fsp3) is 0.273. The van der Waals surface area contributed by atoms with Crippen molar-refractivity contribution in [1.29, 1.82) is 0 Å². The van der Waals surface area contributed by atoms with Gasteiger partial charge in [0, 0.05) is 25.8 Å². The Kier molecular flexibility index (Phi) is 5.02. The molecule has 0 aliphatic carbocycles. The van der Waals surface area contributed by atoms with Crippen LogP contribution in [0.15, 0.2) is 54.7 Å². The first-order valence-electron chi connectivity index (χ1n) is 9.46. The monoisotopic (exact) mass is 376 g/mol. The summed E-state index contributed by atoms with van der Waals surface area (Å²) in [7, 11) is 3.66. The first-order valence-corrected chi connectivity index (χ1v) is 9.46. The van der Waals surface area contributed by atoms with E-state index < -0.39 is 0 Å². The van der Waals surface area contributed by atoms with E-state index in [4.69, 9.17) is 4.74 Å². The zero-order valence-corrected chi connectivity index (χ0v) is 16.2. The third-order valence-corrected chi connectivity index (χ3v) is 5.08. The predicted octanol–water partition coefficient (Wildman–Crippen LogP) is 3.19. The highest BCUT2D eigenvalue weighted by molar-refractivity contribution is 5.94. The first-order chi connectivity index (χ1) is 13.7. The number of benzene rings is 2. The van der Waals surface area contributed by atoms with Gasteiger partial charge in [-0.2, -0.15) is 5.10 Å². The number of fused-ring (bicyclic) bond motifs is 1. The lowest BCUT2D eigenvalue weighted by atomic mass is 9.99. The van der Waals surface area contributed by atoms with Gasteiger partial charge < -0.3 is 15.0 Å². The minimum atomic E-state index is -0.249. The van der Waals surface area contributed by atoms with Crippen LogP contribution in [0.2, 0.25) is 0 Å². The van der Waals surface area contributed by atoms with Gasteiger partial charge in [-0.3, -0.25) is 4.79 Å². The molecule has 6 heteroatoms. The minimum absolute atomic E-state index is 0.249. The van der Waals surface area contributed by atoms with Gasteiger partial charge in [-0.15, -0.1) is 0 Å². The summed E-state index contributed by atoms with van der Waals surface area (Å²) in [6.45, 7) is 1.55. The lowest BCUT2D eigenvalue weighted by molar-refractivity contribution is 0.0942. The fourth-order valence-electron chi connectivity index (χ4n) is 3.59. The molecular weight excluding hydrogens is 352 g/mol. The molecular formula is C22H24N4O2. The summed E-state index contributed by atoms with van der Waals surface area (Å²) in [6.07, 6.45) is 3.96. The Hall–Kier alpha value is -3.28. The van der Waals surface area contributed by atoms with Crippen LogP contribution in [0.3, 0.4) is 0 Å². The average Bonchev–Trinajstić information content (AvgIpc) is 3.17. The van der Waals surface area contributed by atoms with Crippen molar-refractivity contribution in [3.8, 4) is 11.4 Å². The van der Waals surface area contributed by atoms with Crippen molar-refractivity contribution in [1.82, 2.24) is 15.1 Å². The van der Waals surface area contributed by atoms with Crippen LogP contribution >= 0.6 is 0 Å². The molecule has 1 aliphatic rings. The third-order valence-electron chi connectivity index (χ3n) is 5.08. The van der Waals surface area contributed by atoms with Gasteiger partial charge in [-0.05, 0) is 42.2 Å². The van der Waals surface area contributed by atoms with Gasteiger partial charge in [0.05, 0.1) is 19.0 Å². The van der Waals surface area contributed by atoms with E-state index in [0.717, 1.165) is 30.6 Å². The Morgan fingerprint density at radius 1 is 1.21 bits per heavy atom. The molecule has 6 nitrogen and oxygen atoms in total. The number of aromatic nitrogens is 2. The van der Waals surface area contributed by atoms with Crippen LogP contribution in [0.1, 0.15) is 28.0 Å². The van der Waals surface area contributed by atoms with E-state index in [2.05, 4.69) is 40.6 Å². The second-order valence-corrected chi connectivity index (χ2v) is 7.00. The van der Waals surface area contributed by atoms with E-state index in [-0.39, 0.29) is 11.6 Å². The van der Waals surface area contributed by atoms with E-state index in [1.807, 2.05) is 30.3 Å². The summed E-state index contributed by atoms with van der Waals surface area (Å²) in [5, 5.41) is 7.38. The number of aryl methyl sites for hydroxylation is 1. The SMILES string of the molecule is COc1cn(-c2ccccc2)nc1C(=O)NCc1ccc2c(c1)CCCN2C. The Morgan fingerprint density at radius 3 is 2.82 bits per heavy atom. The number of amides is 1. The Morgan fingerprint density at radius 2 is 2.04 bits per heavy atom. The summed E-state index contributed by atoms with van der Waals surface area (Å²) in [4.78, 5) is 15.0. The van der Waals surface area contributed by atoms with Gasteiger partial charge in [-0.1, -0.05) is 30.3 Å². The van der Waals surface area contributed by atoms with Crippen molar-refractivity contribution in [2.24, 2.45) is 0 Å². The first kappa shape index (κ1) is 18.1. The molecule has 144 valence electrons. The largest absolute Gasteiger partial charge is 0.493 e. The summed E-state index contributed by atoms with van der Waals surface area (Å²) in [5.74, 6) is 0.204. The smallest absolute Gasteiger partial charge is 0.275 e. The number of nitrogens with one attached hydrogen (secondary N) is 1. The highest BCUT2D eigenvalue weighted by atomic mass is 16.5. The van der Waals surface area contributed by atoms with Crippen molar-refractivity contribution < 1.29 is 9.53 Å². The number of carbonyl (C=O) groups is 1. The predicted molar refractivity (Wildman–Crippen MR) is 109 cm³/mol. The van der Waals surface area contributed by atoms with Crippen LogP contribution in [0.5, 0.6) is 5.75 Å². The number of anilines is 1. The molecule has 1 amide bonds. The van der Waals surface area contributed by atoms with Crippen LogP contribution in [-0.4, -0.2) is 36.4 Å². The van der Waals surface area contributed by atoms with Crippen molar-refractivity contribution >= 4 is 11.6 Å². The van der Waals surface area contributed by atoms with Crippen LogP contribution in [-0.2, 0) is 13.0 Å². The van der Waals surface area contributed by atoms with Gasteiger partial charge in [0.2, 0.25) is 0 Å². The summed E-state index contributed by atoms with van der Waals surface area (Å²) < 4.78 is 7.01. The second kappa shape index (κ2) is 7.76. The molecule has 28 heavy (non-hydrogen) atoms. The Bertz CT molecular complexity index is 981. The molecule has 0 atom stereocenters. The van der Waals surface area contributed by atoms with E-state index in [1.54, 1.807) is 18.0 Å². The highest BCUT2D eigenvalue weighted by Gasteiger charge is 2.19. The van der Waals surface area contributed by atoms with Crippen molar-refractivity contribution in [3.63, 3.8) is 0 Å². The Balaban J connectivity index is 1.49. The number of methoxy groups -OCH3 is 1. The van der Waals surface area contributed by atoms with Crippen LogP contribution in [0.25, 0.3) is 5.69 Å². The number of hydrogen-bond donors (Lipinski definition) is 1. The van der Waals surface area contributed by atoms with Crippen LogP contribution in [0.4, 0.5) is 5.69 Å². The van der Waals surface area contributed by atoms with Crippen LogP contribution in [0, 0.1) is 0 Å². The fourth-order valence-corrected chi connectivity index (χ4v) is 3.59. The highest BCUT2D eigenvalue weighted by Crippen LogP contribution is 2.27. The summed E-state index contributed by atoms with van der Waals surface area (Å²) in [5.41, 5.74) is 4.86. The maximum atomic E-state index is 12.7. The van der Waals surface area contributed by atoms with Gasteiger partial charge in [-0.25, -0.2) is 4.68 Å². The molecule has 2 aromatic carbocycles. The van der Waals surface area contributed by atoms with E-state index in [0.29, 0.717) is 12.3 Å². The van der Waals surface area contributed by atoms with Crippen LogP contribution < -0.4 is 15.0 Å². The van der Waals surface area contributed by atoms with Crippen molar-refractivity contribution in [2.45, 2.75) is 19.4 Å². The molecule has 0 saturated heterocycles. The van der Waals surface area contributed by atoms with E-state index in [1.165, 1.54) is 11.3 Å². The summed E-state index contributed by atoms with van der Waals surface area (Å²) >= 11 is 0. The van der Waals surface area contributed by atoms with Gasteiger partial charge in [0.15, 0.2) is 11.4 Å². The zero-order chi connectivity index (χ0) is 19.5. The molecule has 0 fully saturated rings. The number of carbonyl (C=O) groups excluding carboxylic acids is 1. The maximum Gasteiger partial charge on any atom is 0.275 e. The Labute approximate surface area is 164 Å². The normalized spacial score (nSPS) is 13.1. The molecule has 0 unspecified atom stereocenters. The molecule has 0 radical (unpaired) electrons. The number of hydrogen-bond acceptors (Lipinski definition) is 4. The van der Waals surface area contributed by atoms with E-state index in [9.17, 15) is 4.79 Å². The van der Waals surface area contributed by atoms with Gasteiger partial charge >= 0.3 is 0 Å². The lowest BCUT2D eigenvalue weighted by Gasteiger charge is -2.27. The van der Waals surface area contributed by atoms with Crippen molar-refractivity contribution in [2.75, 3.05) is 25.6 Å². The topological polar surface area (TPSA) is 59.4 Å². The molecule has 1 aromatic heterocycles. The minimum Gasteiger partial charge on any atom is -0.493 e. The number of rotatable bonds is 5. The number of ether oxygens (including phenoxy) is 1. The molecule has 0 spiro atoms. The molecule has 0 bridgehead atoms. The van der Waals surface area contributed by atoms with Crippen molar-refractivity contribution in [3.05, 3.63) is 71.5 Å².